The van der Waals surface area contributed by atoms with Gasteiger partial charge in [0, 0.05) is 11.1 Å². The van der Waals surface area contributed by atoms with Gasteiger partial charge in [0.05, 0.1) is 17.9 Å². The van der Waals surface area contributed by atoms with E-state index in [1.807, 2.05) is 6.07 Å². The standard InChI is InChI=1S/C12H7NO2/c13-7-10-6-9(8-14)3-4-11(10)12-2-1-5-15-12/h1-6,8H. The lowest BCUT2D eigenvalue weighted by atomic mass is 10.0. The Morgan fingerprint density at radius 1 is 1.33 bits per heavy atom. The van der Waals surface area contributed by atoms with Crippen LogP contribution in [-0.4, -0.2) is 6.29 Å². The summed E-state index contributed by atoms with van der Waals surface area (Å²) in [6, 6.07) is 10.5. The topological polar surface area (TPSA) is 54.0 Å². The molecule has 0 atom stereocenters. The van der Waals surface area contributed by atoms with Crippen LogP contribution in [0.25, 0.3) is 11.3 Å². The van der Waals surface area contributed by atoms with Crippen molar-refractivity contribution in [2.24, 2.45) is 0 Å². The molecule has 3 nitrogen and oxygen atoms in total. The zero-order valence-corrected chi connectivity index (χ0v) is 7.81. The molecular formula is C12H7NO2. The van der Waals surface area contributed by atoms with E-state index in [2.05, 4.69) is 0 Å². The number of carbonyl (C=O) groups is 1. The second-order valence-corrected chi connectivity index (χ2v) is 3.01. The van der Waals surface area contributed by atoms with Gasteiger partial charge in [-0.1, -0.05) is 6.07 Å². The van der Waals surface area contributed by atoms with Gasteiger partial charge in [-0.25, -0.2) is 0 Å². The zero-order valence-electron chi connectivity index (χ0n) is 7.81. The van der Waals surface area contributed by atoms with E-state index in [4.69, 9.17) is 9.68 Å². The Morgan fingerprint density at radius 3 is 2.80 bits per heavy atom. The van der Waals surface area contributed by atoms with Gasteiger partial charge in [0.25, 0.3) is 0 Å². The van der Waals surface area contributed by atoms with Gasteiger partial charge in [-0.05, 0) is 24.3 Å². The molecule has 2 rings (SSSR count). The summed E-state index contributed by atoms with van der Waals surface area (Å²) in [5.74, 6) is 0.629. The van der Waals surface area contributed by atoms with Gasteiger partial charge in [-0.3, -0.25) is 4.79 Å². The van der Waals surface area contributed by atoms with E-state index in [9.17, 15) is 4.79 Å². The van der Waals surface area contributed by atoms with Gasteiger partial charge < -0.3 is 4.42 Å². The SMILES string of the molecule is N#Cc1cc(C=O)ccc1-c1ccco1. The van der Waals surface area contributed by atoms with Crippen LogP contribution in [0.15, 0.2) is 41.0 Å². The van der Waals surface area contributed by atoms with Crippen molar-refractivity contribution in [3.8, 4) is 17.4 Å². The Bertz CT molecular complexity index is 521. The predicted octanol–water partition coefficient (Wildman–Crippen LogP) is 2.63. The van der Waals surface area contributed by atoms with Crippen molar-refractivity contribution >= 4 is 6.29 Å². The van der Waals surface area contributed by atoms with Crippen LogP contribution in [0.3, 0.4) is 0 Å². The van der Waals surface area contributed by atoms with Crippen LogP contribution in [0.1, 0.15) is 15.9 Å². The summed E-state index contributed by atoms with van der Waals surface area (Å²) in [4.78, 5) is 10.5. The van der Waals surface area contributed by atoms with Crippen molar-refractivity contribution in [1.82, 2.24) is 0 Å². The molecule has 15 heavy (non-hydrogen) atoms. The second-order valence-electron chi connectivity index (χ2n) is 3.01. The Kier molecular flexibility index (Phi) is 2.34. The monoisotopic (exact) mass is 197 g/mol. The third-order valence-electron chi connectivity index (χ3n) is 2.09. The summed E-state index contributed by atoms with van der Waals surface area (Å²) in [5, 5.41) is 8.93. The number of rotatable bonds is 2. The van der Waals surface area contributed by atoms with Crippen molar-refractivity contribution < 1.29 is 9.21 Å². The number of hydrogen-bond acceptors (Lipinski definition) is 3. The predicted molar refractivity (Wildman–Crippen MR) is 54.2 cm³/mol. The van der Waals surface area contributed by atoms with Crippen LogP contribution < -0.4 is 0 Å². The average Bonchev–Trinajstić information content (AvgIpc) is 2.81. The molecule has 0 saturated carbocycles. The lowest BCUT2D eigenvalue weighted by Crippen LogP contribution is -1.86. The summed E-state index contributed by atoms with van der Waals surface area (Å²) in [6.07, 6.45) is 2.26. The van der Waals surface area contributed by atoms with E-state index >= 15 is 0 Å². The maximum Gasteiger partial charge on any atom is 0.150 e. The van der Waals surface area contributed by atoms with E-state index in [1.165, 1.54) is 0 Å². The van der Waals surface area contributed by atoms with Gasteiger partial charge >= 0.3 is 0 Å². The lowest BCUT2D eigenvalue weighted by Gasteiger charge is -2.00. The van der Waals surface area contributed by atoms with Crippen LogP contribution in [0.2, 0.25) is 0 Å². The van der Waals surface area contributed by atoms with E-state index in [1.54, 1.807) is 36.6 Å². The normalized spacial score (nSPS) is 9.53. The molecule has 0 aliphatic heterocycles. The molecule has 0 aliphatic rings. The minimum Gasteiger partial charge on any atom is -0.464 e. The van der Waals surface area contributed by atoms with Crippen molar-refractivity contribution in [3.63, 3.8) is 0 Å². The molecule has 2 aromatic rings. The summed E-state index contributed by atoms with van der Waals surface area (Å²) < 4.78 is 5.20. The molecule has 0 N–H and O–H groups in total. The van der Waals surface area contributed by atoms with Gasteiger partial charge in [0.15, 0.2) is 0 Å². The first-order valence-electron chi connectivity index (χ1n) is 4.38. The van der Waals surface area contributed by atoms with Crippen LogP contribution in [0.4, 0.5) is 0 Å². The minimum atomic E-state index is 0.439. The number of carbonyl (C=O) groups excluding carboxylic acids is 1. The highest BCUT2D eigenvalue weighted by Crippen LogP contribution is 2.24. The Hall–Kier alpha value is -2.34. The van der Waals surface area contributed by atoms with Gasteiger partial charge in [0.1, 0.15) is 12.0 Å². The van der Waals surface area contributed by atoms with Crippen molar-refractivity contribution in [2.75, 3.05) is 0 Å². The highest BCUT2D eigenvalue weighted by Gasteiger charge is 2.07. The third-order valence-corrected chi connectivity index (χ3v) is 2.09. The summed E-state index contributed by atoms with van der Waals surface area (Å²) in [7, 11) is 0. The molecule has 1 aromatic carbocycles. The van der Waals surface area contributed by atoms with E-state index in [0.29, 0.717) is 28.7 Å². The summed E-state index contributed by atoms with van der Waals surface area (Å²) >= 11 is 0. The van der Waals surface area contributed by atoms with Crippen molar-refractivity contribution in [2.45, 2.75) is 0 Å². The molecule has 0 unspecified atom stereocenters. The Balaban J connectivity index is 2.59. The van der Waals surface area contributed by atoms with Crippen LogP contribution in [-0.2, 0) is 0 Å². The molecule has 0 aliphatic carbocycles. The van der Waals surface area contributed by atoms with Crippen molar-refractivity contribution in [1.29, 1.82) is 5.26 Å². The van der Waals surface area contributed by atoms with Gasteiger partial charge in [-0.15, -0.1) is 0 Å². The molecule has 0 fully saturated rings. The number of aldehydes is 1. The first-order chi connectivity index (χ1) is 7.35. The Labute approximate surface area is 86.6 Å². The van der Waals surface area contributed by atoms with E-state index < -0.39 is 0 Å². The molecule has 1 heterocycles. The smallest absolute Gasteiger partial charge is 0.150 e. The van der Waals surface area contributed by atoms with Gasteiger partial charge in [0.2, 0.25) is 0 Å². The van der Waals surface area contributed by atoms with E-state index in [-0.39, 0.29) is 0 Å². The fraction of sp³-hybridized carbons (Fsp3) is 0. The molecule has 72 valence electrons. The molecule has 0 radical (unpaired) electrons. The number of furan rings is 1. The first kappa shape index (κ1) is 9.22. The zero-order chi connectivity index (χ0) is 10.7. The molecule has 0 amide bonds. The molecule has 0 spiro atoms. The maximum absolute atomic E-state index is 10.5. The fourth-order valence-electron chi connectivity index (χ4n) is 1.37. The number of benzene rings is 1. The molecule has 0 saturated heterocycles. The highest BCUT2D eigenvalue weighted by molar-refractivity contribution is 5.79. The minimum absolute atomic E-state index is 0.439. The summed E-state index contributed by atoms with van der Waals surface area (Å²) in [5.41, 5.74) is 1.63. The highest BCUT2D eigenvalue weighted by atomic mass is 16.3. The third kappa shape index (κ3) is 1.65. The quantitative estimate of drug-likeness (QED) is 0.695. The van der Waals surface area contributed by atoms with Crippen LogP contribution in [0, 0.1) is 11.3 Å². The van der Waals surface area contributed by atoms with Gasteiger partial charge in [-0.2, -0.15) is 5.26 Å². The summed E-state index contributed by atoms with van der Waals surface area (Å²) in [6.45, 7) is 0. The molecule has 0 bridgehead atoms. The van der Waals surface area contributed by atoms with Crippen molar-refractivity contribution in [3.05, 3.63) is 47.7 Å². The Morgan fingerprint density at radius 2 is 2.20 bits per heavy atom. The second kappa shape index (κ2) is 3.81. The molecule has 3 heteroatoms. The number of nitrogens with zero attached hydrogens (tertiary/aromatic N) is 1. The maximum atomic E-state index is 10.5. The number of nitriles is 1. The first-order valence-corrected chi connectivity index (χ1v) is 4.38. The van der Waals surface area contributed by atoms with Crippen LogP contribution >= 0.6 is 0 Å². The average molecular weight is 197 g/mol. The van der Waals surface area contributed by atoms with E-state index in [0.717, 1.165) is 0 Å². The number of hydrogen-bond donors (Lipinski definition) is 0. The fourth-order valence-corrected chi connectivity index (χ4v) is 1.37. The lowest BCUT2D eigenvalue weighted by molar-refractivity contribution is 0.112. The molecule has 1 aromatic heterocycles. The largest absolute Gasteiger partial charge is 0.464 e. The van der Waals surface area contributed by atoms with Crippen LogP contribution in [0.5, 0.6) is 0 Å². The molecular weight excluding hydrogens is 190 g/mol.